The predicted octanol–water partition coefficient (Wildman–Crippen LogP) is 1.81. The number of methoxy groups -OCH3 is 1. The summed E-state index contributed by atoms with van der Waals surface area (Å²) in [6.45, 7) is 6.10. The topological polar surface area (TPSA) is 55.8 Å². The normalized spacial score (nSPS) is 22.8. The van der Waals surface area contributed by atoms with Gasteiger partial charge in [0.15, 0.2) is 0 Å². The monoisotopic (exact) mass is 267 g/mol. The standard InChI is InChI=1S/C14H21NO4/c1-6-7-14(11(16)18-5)8-9-15(10-14)12(17)19-13(2,3)4/h1H,7-10H2,2-5H3. The molecule has 0 N–H and O–H groups in total. The first-order chi connectivity index (χ1) is 8.74. The van der Waals surface area contributed by atoms with Crippen molar-refractivity contribution < 1.29 is 19.1 Å². The molecular weight excluding hydrogens is 246 g/mol. The Hall–Kier alpha value is -1.70. The highest BCUT2D eigenvalue weighted by molar-refractivity contribution is 5.80. The van der Waals surface area contributed by atoms with Crippen LogP contribution in [0.15, 0.2) is 0 Å². The first kappa shape index (κ1) is 15.4. The number of rotatable bonds is 2. The molecule has 5 heteroatoms. The molecule has 0 saturated carbocycles. The number of hydrogen-bond donors (Lipinski definition) is 0. The van der Waals surface area contributed by atoms with Crippen molar-refractivity contribution >= 4 is 12.1 Å². The van der Waals surface area contributed by atoms with Gasteiger partial charge in [-0.05, 0) is 27.2 Å². The first-order valence-corrected chi connectivity index (χ1v) is 6.24. The van der Waals surface area contributed by atoms with Crippen molar-refractivity contribution in [3.8, 4) is 12.3 Å². The van der Waals surface area contributed by atoms with E-state index in [-0.39, 0.29) is 18.9 Å². The largest absolute Gasteiger partial charge is 0.469 e. The van der Waals surface area contributed by atoms with Gasteiger partial charge in [0, 0.05) is 19.5 Å². The maximum Gasteiger partial charge on any atom is 0.410 e. The summed E-state index contributed by atoms with van der Waals surface area (Å²) < 4.78 is 10.1. The summed E-state index contributed by atoms with van der Waals surface area (Å²) in [7, 11) is 1.33. The predicted molar refractivity (Wildman–Crippen MR) is 70.3 cm³/mol. The lowest BCUT2D eigenvalue weighted by Crippen LogP contribution is -2.39. The fourth-order valence-corrected chi connectivity index (χ4v) is 2.15. The maximum atomic E-state index is 12.0. The lowest BCUT2D eigenvalue weighted by molar-refractivity contribution is -0.151. The minimum atomic E-state index is -0.791. The molecule has 1 heterocycles. The van der Waals surface area contributed by atoms with Crippen LogP contribution >= 0.6 is 0 Å². The summed E-state index contributed by atoms with van der Waals surface area (Å²) in [4.78, 5) is 25.4. The van der Waals surface area contributed by atoms with Gasteiger partial charge in [-0.15, -0.1) is 12.3 Å². The SMILES string of the molecule is C#CCC1(C(=O)OC)CCN(C(=O)OC(C)(C)C)C1. The molecule has 1 saturated heterocycles. The molecule has 1 aliphatic heterocycles. The number of terminal acetylenes is 1. The zero-order valence-electron chi connectivity index (χ0n) is 12.0. The highest BCUT2D eigenvalue weighted by atomic mass is 16.6. The minimum Gasteiger partial charge on any atom is -0.469 e. The Morgan fingerprint density at radius 2 is 2.05 bits per heavy atom. The maximum absolute atomic E-state index is 12.0. The summed E-state index contributed by atoms with van der Waals surface area (Å²) >= 11 is 0. The van der Waals surface area contributed by atoms with Gasteiger partial charge < -0.3 is 14.4 Å². The molecule has 1 rings (SSSR count). The van der Waals surface area contributed by atoms with Crippen LogP contribution in [0.25, 0.3) is 0 Å². The van der Waals surface area contributed by atoms with Crippen LogP contribution in [0.1, 0.15) is 33.6 Å². The first-order valence-electron chi connectivity index (χ1n) is 6.24. The van der Waals surface area contributed by atoms with Gasteiger partial charge in [-0.1, -0.05) is 0 Å². The molecule has 1 atom stereocenters. The molecule has 1 fully saturated rings. The Kier molecular flexibility index (Phi) is 4.46. The molecule has 0 spiro atoms. The van der Waals surface area contributed by atoms with Crippen LogP contribution in [0.5, 0.6) is 0 Å². The van der Waals surface area contributed by atoms with Gasteiger partial charge in [-0.3, -0.25) is 4.79 Å². The number of nitrogens with zero attached hydrogens (tertiary/aromatic N) is 1. The van der Waals surface area contributed by atoms with Gasteiger partial charge in [0.25, 0.3) is 0 Å². The van der Waals surface area contributed by atoms with E-state index in [0.717, 1.165) is 0 Å². The summed E-state index contributed by atoms with van der Waals surface area (Å²) in [5.41, 5.74) is -1.35. The Balaban J connectivity index is 2.77. The average molecular weight is 267 g/mol. The van der Waals surface area contributed by atoms with Crippen molar-refractivity contribution in [1.29, 1.82) is 0 Å². The molecule has 5 nitrogen and oxygen atoms in total. The molecule has 1 amide bonds. The molecule has 0 aromatic heterocycles. The number of ether oxygens (including phenoxy) is 2. The van der Waals surface area contributed by atoms with E-state index in [9.17, 15) is 9.59 Å². The van der Waals surface area contributed by atoms with Crippen LogP contribution in [-0.4, -0.2) is 42.8 Å². The molecular formula is C14H21NO4. The lowest BCUT2D eigenvalue weighted by Gasteiger charge is -2.26. The van der Waals surface area contributed by atoms with Gasteiger partial charge in [0.05, 0.1) is 12.5 Å². The third kappa shape index (κ3) is 3.63. The van der Waals surface area contributed by atoms with Crippen LogP contribution in [0.2, 0.25) is 0 Å². The molecule has 0 aliphatic carbocycles. The number of amides is 1. The summed E-state index contributed by atoms with van der Waals surface area (Å²) in [5, 5.41) is 0. The van der Waals surface area contributed by atoms with E-state index < -0.39 is 17.1 Å². The molecule has 0 radical (unpaired) electrons. The fourth-order valence-electron chi connectivity index (χ4n) is 2.15. The molecule has 106 valence electrons. The van der Waals surface area contributed by atoms with Crippen molar-refractivity contribution in [2.75, 3.05) is 20.2 Å². The van der Waals surface area contributed by atoms with Crippen LogP contribution in [0.4, 0.5) is 4.79 Å². The van der Waals surface area contributed by atoms with Crippen molar-refractivity contribution in [2.24, 2.45) is 5.41 Å². The molecule has 0 bridgehead atoms. The van der Waals surface area contributed by atoms with Gasteiger partial charge >= 0.3 is 12.1 Å². The second-order valence-corrected chi connectivity index (χ2v) is 5.80. The highest BCUT2D eigenvalue weighted by Gasteiger charge is 2.47. The van der Waals surface area contributed by atoms with E-state index in [2.05, 4.69) is 5.92 Å². The lowest BCUT2D eigenvalue weighted by atomic mass is 9.84. The third-order valence-corrected chi connectivity index (χ3v) is 3.06. The minimum absolute atomic E-state index is 0.249. The van der Waals surface area contributed by atoms with Crippen molar-refractivity contribution in [3.63, 3.8) is 0 Å². The molecule has 19 heavy (non-hydrogen) atoms. The van der Waals surface area contributed by atoms with Gasteiger partial charge in [0.2, 0.25) is 0 Å². The van der Waals surface area contributed by atoms with E-state index >= 15 is 0 Å². The zero-order valence-corrected chi connectivity index (χ0v) is 12.0. The number of esters is 1. The molecule has 0 aromatic carbocycles. The Morgan fingerprint density at radius 1 is 1.42 bits per heavy atom. The van der Waals surface area contributed by atoms with Crippen LogP contribution in [0, 0.1) is 17.8 Å². The fraction of sp³-hybridized carbons (Fsp3) is 0.714. The summed E-state index contributed by atoms with van der Waals surface area (Å²) in [6.07, 6.45) is 5.66. The van der Waals surface area contributed by atoms with E-state index in [0.29, 0.717) is 13.0 Å². The van der Waals surface area contributed by atoms with Crippen LogP contribution < -0.4 is 0 Å². The second-order valence-electron chi connectivity index (χ2n) is 5.80. The van der Waals surface area contributed by atoms with Crippen molar-refractivity contribution in [2.45, 2.75) is 39.2 Å². The van der Waals surface area contributed by atoms with E-state index in [4.69, 9.17) is 15.9 Å². The van der Waals surface area contributed by atoms with Gasteiger partial charge in [0.1, 0.15) is 5.60 Å². The van der Waals surface area contributed by atoms with Crippen molar-refractivity contribution in [1.82, 2.24) is 4.90 Å². The second kappa shape index (κ2) is 5.52. The van der Waals surface area contributed by atoms with Crippen LogP contribution in [-0.2, 0) is 14.3 Å². The van der Waals surface area contributed by atoms with Gasteiger partial charge in [-0.2, -0.15) is 0 Å². The molecule has 1 unspecified atom stereocenters. The van der Waals surface area contributed by atoms with Crippen molar-refractivity contribution in [3.05, 3.63) is 0 Å². The Bertz CT molecular complexity index is 405. The molecule has 1 aliphatic rings. The molecule has 0 aromatic rings. The van der Waals surface area contributed by atoms with Gasteiger partial charge in [-0.25, -0.2) is 4.79 Å². The number of carbonyl (C=O) groups is 2. The summed E-state index contributed by atoms with van der Waals surface area (Å²) in [5.74, 6) is 2.13. The smallest absolute Gasteiger partial charge is 0.410 e. The average Bonchev–Trinajstić information content (AvgIpc) is 2.72. The van der Waals surface area contributed by atoms with E-state index in [1.165, 1.54) is 12.0 Å². The van der Waals surface area contributed by atoms with Crippen LogP contribution in [0.3, 0.4) is 0 Å². The number of likely N-dealkylation sites (tertiary alicyclic amines) is 1. The quantitative estimate of drug-likeness (QED) is 0.565. The Labute approximate surface area is 114 Å². The number of hydrogen-bond acceptors (Lipinski definition) is 4. The highest BCUT2D eigenvalue weighted by Crippen LogP contribution is 2.35. The zero-order chi connectivity index (χ0) is 14.7. The number of carbonyl (C=O) groups excluding carboxylic acids is 2. The Morgan fingerprint density at radius 3 is 2.53 bits per heavy atom. The van der Waals surface area contributed by atoms with E-state index in [1.807, 2.05) is 0 Å². The third-order valence-electron chi connectivity index (χ3n) is 3.06. The summed E-state index contributed by atoms with van der Waals surface area (Å²) in [6, 6.07) is 0. The van der Waals surface area contributed by atoms with E-state index in [1.54, 1.807) is 20.8 Å².